The van der Waals surface area contributed by atoms with Crippen molar-refractivity contribution < 1.29 is 0 Å². The molecule has 0 saturated heterocycles. The van der Waals surface area contributed by atoms with E-state index in [1.165, 1.54) is 82.4 Å². The van der Waals surface area contributed by atoms with E-state index in [4.69, 9.17) is 0 Å². The summed E-state index contributed by atoms with van der Waals surface area (Å²) in [6, 6.07) is 64.6. The molecular formula is C46H35B. The third-order valence-corrected chi connectivity index (χ3v) is 9.66. The fraction of sp³-hybridized carbons (Fsp3) is 0.0435. The van der Waals surface area contributed by atoms with Crippen LogP contribution in [0.2, 0.25) is 0 Å². The lowest BCUT2D eigenvalue weighted by atomic mass is 9.34. The molecule has 0 aliphatic carbocycles. The number of rotatable bonds is 6. The minimum atomic E-state index is 0.0537. The molecule has 0 aromatic heterocycles. The number of benzene rings is 8. The zero-order chi connectivity index (χ0) is 31.7. The Bertz CT molecular complexity index is 2230. The molecule has 0 spiro atoms. The standard InChI is InChI=1S/C46H35B/c1-32-24-26-36-18-9-11-22-43(36)45(32)47(46-33(2)25-27-37-19-10-12-23-44(37)46)42-21-13-20-38(31-42)41-29-39(34-14-5-3-6-15-34)28-40(30-41)35-16-7-4-8-17-35/h3-31H,1-2H3. The molecule has 0 saturated carbocycles. The maximum absolute atomic E-state index is 2.44. The van der Waals surface area contributed by atoms with Gasteiger partial charge in [-0.05, 0) is 87.0 Å². The van der Waals surface area contributed by atoms with Gasteiger partial charge in [-0.3, -0.25) is 0 Å². The SMILES string of the molecule is Cc1ccc2ccccc2c1B(c1cccc(-c2cc(-c3ccccc3)cc(-c3ccccc3)c2)c1)c1c(C)ccc2ccccc12. The maximum atomic E-state index is 2.44. The van der Waals surface area contributed by atoms with Gasteiger partial charge in [-0.2, -0.15) is 0 Å². The Hall–Kier alpha value is -5.66. The largest absolute Gasteiger partial charge is 0.243 e. The van der Waals surface area contributed by atoms with Gasteiger partial charge in [0.15, 0.2) is 0 Å². The monoisotopic (exact) mass is 598 g/mol. The molecule has 8 aromatic rings. The van der Waals surface area contributed by atoms with Gasteiger partial charge >= 0.3 is 0 Å². The molecule has 0 heterocycles. The Morgan fingerprint density at radius 1 is 0.319 bits per heavy atom. The average molecular weight is 599 g/mol. The normalized spacial score (nSPS) is 11.2. The van der Waals surface area contributed by atoms with Crippen molar-refractivity contribution in [3.8, 4) is 33.4 Å². The third kappa shape index (κ3) is 5.45. The van der Waals surface area contributed by atoms with Gasteiger partial charge in [0.1, 0.15) is 0 Å². The van der Waals surface area contributed by atoms with E-state index in [0.717, 1.165) is 0 Å². The van der Waals surface area contributed by atoms with Gasteiger partial charge in [-0.15, -0.1) is 0 Å². The van der Waals surface area contributed by atoms with E-state index in [-0.39, 0.29) is 6.71 Å². The van der Waals surface area contributed by atoms with Crippen LogP contribution in [0.5, 0.6) is 0 Å². The first-order valence-electron chi connectivity index (χ1n) is 16.5. The minimum absolute atomic E-state index is 0.0537. The Morgan fingerprint density at radius 3 is 1.26 bits per heavy atom. The fourth-order valence-electron chi connectivity index (χ4n) is 7.34. The van der Waals surface area contributed by atoms with Gasteiger partial charge < -0.3 is 0 Å². The molecule has 222 valence electrons. The van der Waals surface area contributed by atoms with E-state index in [2.05, 4.69) is 190 Å². The first kappa shape index (κ1) is 28.8. The van der Waals surface area contributed by atoms with Gasteiger partial charge in [0.25, 0.3) is 0 Å². The van der Waals surface area contributed by atoms with Crippen LogP contribution in [-0.4, -0.2) is 6.71 Å². The van der Waals surface area contributed by atoms with Crippen molar-refractivity contribution in [2.45, 2.75) is 13.8 Å². The lowest BCUT2D eigenvalue weighted by Gasteiger charge is -2.24. The summed E-state index contributed by atoms with van der Waals surface area (Å²) in [6.45, 7) is 4.60. The molecule has 0 radical (unpaired) electrons. The Labute approximate surface area is 278 Å². The first-order chi connectivity index (χ1) is 23.1. The summed E-state index contributed by atoms with van der Waals surface area (Å²) in [6.07, 6.45) is 0. The van der Waals surface area contributed by atoms with E-state index in [1.54, 1.807) is 0 Å². The van der Waals surface area contributed by atoms with Crippen LogP contribution in [0, 0.1) is 13.8 Å². The summed E-state index contributed by atoms with van der Waals surface area (Å²) in [4.78, 5) is 0. The van der Waals surface area contributed by atoms with Gasteiger partial charge in [-0.1, -0.05) is 185 Å². The average Bonchev–Trinajstić information content (AvgIpc) is 3.14. The van der Waals surface area contributed by atoms with Crippen molar-refractivity contribution in [2.75, 3.05) is 0 Å². The maximum Gasteiger partial charge on any atom is 0.243 e. The fourth-order valence-corrected chi connectivity index (χ4v) is 7.34. The summed E-state index contributed by atoms with van der Waals surface area (Å²) in [7, 11) is 0. The molecule has 0 nitrogen and oxygen atoms in total. The van der Waals surface area contributed by atoms with Crippen molar-refractivity contribution in [2.24, 2.45) is 0 Å². The molecule has 0 bridgehead atoms. The third-order valence-electron chi connectivity index (χ3n) is 9.66. The number of hydrogen-bond acceptors (Lipinski definition) is 0. The second-order valence-electron chi connectivity index (χ2n) is 12.6. The number of hydrogen-bond donors (Lipinski definition) is 0. The van der Waals surface area contributed by atoms with Gasteiger partial charge in [0, 0.05) is 0 Å². The highest BCUT2D eigenvalue weighted by Crippen LogP contribution is 2.33. The van der Waals surface area contributed by atoms with Crippen molar-refractivity contribution in [1.82, 2.24) is 0 Å². The van der Waals surface area contributed by atoms with E-state index in [1.807, 2.05) is 0 Å². The lowest BCUT2D eigenvalue weighted by Crippen LogP contribution is -2.54. The van der Waals surface area contributed by atoms with Crippen molar-refractivity contribution in [1.29, 1.82) is 0 Å². The van der Waals surface area contributed by atoms with Gasteiger partial charge in [0.2, 0.25) is 6.71 Å². The molecule has 0 aliphatic heterocycles. The Morgan fingerprint density at radius 2 is 0.745 bits per heavy atom. The highest BCUT2D eigenvalue weighted by molar-refractivity contribution is 6.98. The van der Waals surface area contributed by atoms with Crippen LogP contribution in [-0.2, 0) is 0 Å². The summed E-state index contributed by atoms with van der Waals surface area (Å²) in [5.41, 5.74) is 14.0. The van der Waals surface area contributed by atoms with Gasteiger partial charge in [0.05, 0.1) is 0 Å². The van der Waals surface area contributed by atoms with Crippen LogP contribution in [0.25, 0.3) is 54.9 Å². The van der Waals surface area contributed by atoms with Crippen LogP contribution in [0.15, 0.2) is 176 Å². The second kappa shape index (κ2) is 12.3. The molecule has 8 aromatic carbocycles. The second-order valence-corrected chi connectivity index (χ2v) is 12.6. The summed E-state index contributed by atoms with van der Waals surface area (Å²) in [5, 5.41) is 5.17. The smallest absolute Gasteiger partial charge is 0.0680 e. The lowest BCUT2D eigenvalue weighted by molar-refractivity contribution is 1.52. The highest BCUT2D eigenvalue weighted by Gasteiger charge is 2.29. The predicted molar refractivity (Wildman–Crippen MR) is 205 cm³/mol. The van der Waals surface area contributed by atoms with Crippen LogP contribution < -0.4 is 16.4 Å². The molecule has 8 rings (SSSR count). The van der Waals surface area contributed by atoms with E-state index >= 15 is 0 Å². The number of aryl methyl sites for hydroxylation is 2. The van der Waals surface area contributed by atoms with Crippen LogP contribution in [0.3, 0.4) is 0 Å². The number of fused-ring (bicyclic) bond motifs is 2. The Kier molecular flexibility index (Phi) is 7.52. The summed E-state index contributed by atoms with van der Waals surface area (Å²) >= 11 is 0. The molecule has 0 amide bonds. The molecule has 0 unspecified atom stereocenters. The van der Waals surface area contributed by atoms with Crippen molar-refractivity contribution >= 4 is 44.6 Å². The quantitative estimate of drug-likeness (QED) is 0.167. The highest BCUT2D eigenvalue weighted by atomic mass is 14.1. The summed E-state index contributed by atoms with van der Waals surface area (Å²) < 4.78 is 0. The molecule has 0 atom stereocenters. The van der Waals surface area contributed by atoms with Crippen molar-refractivity contribution in [3.05, 3.63) is 187 Å². The first-order valence-corrected chi connectivity index (χ1v) is 16.5. The summed E-state index contributed by atoms with van der Waals surface area (Å²) in [5.74, 6) is 0. The molecule has 0 N–H and O–H groups in total. The minimum Gasteiger partial charge on any atom is -0.0680 e. The van der Waals surface area contributed by atoms with E-state index < -0.39 is 0 Å². The molecular weight excluding hydrogens is 563 g/mol. The molecule has 1 heteroatoms. The predicted octanol–water partition coefficient (Wildman–Crippen LogP) is 10.1. The zero-order valence-electron chi connectivity index (χ0n) is 26.8. The van der Waals surface area contributed by atoms with E-state index in [0.29, 0.717) is 0 Å². The zero-order valence-corrected chi connectivity index (χ0v) is 26.8. The van der Waals surface area contributed by atoms with E-state index in [9.17, 15) is 0 Å². The van der Waals surface area contributed by atoms with Crippen LogP contribution >= 0.6 is 0 Å². The van der Waals surface area contributed by atoms with Crippen LogP contribution in [0.1, 0.15) is 11.1 Å². The van der Waals surface area contributed by atoms with Crippen LogP contribution in [0.4, 0.5) is 0 Å². The molecule has 0 fully saturated rings. The van der Waals surface area contributed by atoms with Crippen molar-refractivity contribution in [3.63, 3.8) is 0 Å². The Balaban J connectivity index is 1.38. The molecule has 47 heavy (non-hydrogen) atoms. The topological polar surface area (TPSA) is 0 Å². The van der Waals surface area contributed by atoms with Gasteiger partial charge in [-0.25, -0.2) is 0 Å². The molecule has 0 aliphatic rings.